The molecule has 0 aliphatic heterocycles. The first-order valence-corrected chi connectivity index (χ1v) is 4.14. The van der Waals surface area contributed by atoms with Gasteiger partial charge in [0.1, 0.15) is 12.7 Å². The molecule has 0 saturated heterocycles. The first-order chi connectivity index (χ1) is 5.20. The average molecular weight is 183 g/mol. The lowest BCUT2D eigenvalue weighted by Crippen LogP contribution is -2.22. The minimum atomic E-state index is -2.53. The zero-order chi connectivity index (χ0) is 8.69. The van der Waals surface area contributed by atoms with E-state index >= 15 is 0 Å². The third-order valence-corrected chi connectivity index (χ3v) is 1.43. The van der Waals surface area contributed by atoms with E-state index in [9.17, 15) is 4.57 Å². The molecule has 0 amide bonds. The van der Waals surface area contributed by atoms with E-state index in [0.29, 0.717) is 6.61 Å². The van der Waals surface area contributed by atoms with Crippen molar-refractivity contribution in [3.63, 3.8) is 0 Å². The Balaban J connectivity index is 3.43. The van der Waals surface area contributed by atoms with Crippen molar-refractivity contribution in [3.05, 3.63) is 0 Å². The van der Waals surface area contributed by atoms with Crippen LogP contribution in [0.4, 0.5) is 0 Å². The molecule has 66 valence electrons. The fourth-order valence-electron chi connectivity index (χ4n) is 0.517. The van der Waals surface area contributed by atoms with Crippen LogP contribution in [0.1, 0.15) is 0 Å². The normalized spacial score (nSPS) is 14.6. The van der Waals surface area contributed by atoms with Gasteiger partial charge in [-0.2, -0.15) is 0 Å². The van der Waals surface area contributed by atoms with Gasteiger partial charge < -0.3 is 9.47 Å². The second-order valence-corrected chi connectivity index (χ2v) is 2.58. The molecule has 0 rings (SSSR count). The summed E-state index contributed by atoms with van der Waals surface area (Å²) in [6, 6.07) is 0. The topological polar surface area (TPSA) is 65.0 Å². The molecule has 11 heavy (non-hydrogen) atoms. The summed E-state index contributed by atoms with van der Waals surface area (Å²) in [5.41, 5.74) is 0. The molecule has 1 N–H and O–H groups in total. The summed E-state index contributed by atoms with van der Waals surface area (Å²) in [7, 11) is 0.467. The van der Waals surface area contributed by atoms with Gasteiger partial charge in [-0.25, -0.2) is 0 Å². The Morgan fingerprint density at radius 2 is 2.09 bits per heavy atom. The lowest BCUT2D eigenvalue weighted by molar-refractivity contribution is 0.000377. The number of ether oxygens (including phenoxy) is 2. The fourth-order valence-corrected chi connectivity index (χ4v) is 0.811. The zero-order valence-electron chi connectivity index (χ0n) is 6.52. The molecule has 0 heterocycles. The molecule has 2 atom stereocenters. The van der Waals surface area contributed by atoms with E-state index in [1.54, 1.807) is 0 Å². The Kier molecular flexibility index (Phi) is 6.60. The molecule has 0 aliphatic rings. The summed E-state index contributed by atoms with van der Waals surface area (Å²) >= 11 is 0. The molecule has 5 nitrogen and oxygen atoms in total. The maximum atomic E-state index is 10.1. The molecular weight excluding hydrogens is 171 g/mol. The van der Waals surface area contributed by atoms with Crippen LogP contribution >= 0.6 is 8.25 Å². The molecule has 0 radical (unpaired) electrons. The molecule has 2 unspecified atom stereocenters. The van der Waals surface area contributed by atoms with Gasteiger partial charge in [0, 0.05) is 18.8 Å². The highest BCUT2D eigenvalue weighted by atomic mass is 31.1. The van der Waals surface area contributed by atoms with Crippen LogP contribution in [0.2, 0.25) is 0 Å². The lowest BCUT2D eigenvalue weighted by Gasteiger charge is -2.09. The summed E-state index contributed by atoms with van der Waals surface area (Å²) in [5, 5.41) is 0. The minimum Gasteiger partial charge on any atom is -0.382 e. The monoisotopic (exact) mass is 183 g/mol. The van der Waals surface area contributed by atoms with E-state index in [2.05, 4.69) is 4.52 Å². The Bertz CT molecular complexity index is 117. The quantitative estimate of drug-likeness (QED) is 0.600. The van der Waals surface area contributed by atoms with Crippen molar-refractivity contribution in [2.24, 2.45) is 0 Å². The third-order valence-electron chi connectivity index (χ3n) is 1.06. The van der Waals surface area contributed by atoms with Crippen LogP contribution < -0.4 is 0 Å². The van der Waals surface area contributed by atoms with Crippen LogP contribution in [0.25, 0.3) is 0 Å². The highest BCUT2D eigenvalue weighted by Crippen LogP contribution is 2.14. The molecule has 0 bridgehead atoms. The first kappa shape index (κ1) is 10.9. The van der Waals surface area contributed by atoms with Gasteiger partial charge in [0.25, 0.3) is 0 Å². The van der Waals surface area contributed by atoms with E-state index in [-0.39, 0.29) is 12.7 Å². The minimum absolute atomic E-state index is 0.0655. The van der Waals surface area contributed by atoms with Crippen LogP contribution in [-0.2, 0) is 18.6 Å². The summed E-state index contributed by atoms with van der Waals surface area (Å²) in [6.45, 7) is 0.412. The van der Waals surface area contributed by atoms with E-state index in [0.717, 1.165) is 0 Å². The lowest BCUT2D eigenvalue weighted by atomic mass is 10.4. The van der Waals surface area contributed by atoms with Crippen molar-refractivity contribution in [2.75, 3.05) is 27.4 Å². The van der Waals surface area contributed by atoms with Gasteiger partial charge in [0.2, 0.25) is 0 Å². The van der Waals surface area contributed by atoms with Crippen molar-refractivity contribution in [1.29, 1.82) is 0 Å². The maximum absolute atomic E-state index is 10.1. The van der Waals surface area contributed by atoms with Gasteiger partial charge in [-0.1, -0.05) is 0 Å². The molecule has 0 fully saturated rings. The van der Waals surface area contributed by atoms with E-state index < -0.39 is 8.25 Å². The predicted octanol–water partition coefficient (Wildman–Crippen LogP) is 0.314. The molecular formula is C5H12O5P+. The Morgan fingerprint density at radius 3 is 2.45 bits per heavy atom. The Labute approximate surface area is 66.2 Å². The Hall–Kier alpha value is -0.0600. The summed E-state index contributed by atoms with van der Waals surface area (Å²) in [4.78, 5) is 8.26. The van der Waals surface area contributed by atoms with Crippen molar-refractivity contribution >= 4 is 8.25 Å². The van der Waals surface area contributed by atoms with Crippen LogP contribution in [0.5, 0.6) is 0 Å². The SMILES string of the molecule is COCC(CO[P+](=O)O)OC. The van der Waals surface area contributed by atoms with E-state index in [4.69, 9.17) is 14.4 Å². The molecule has 6 heteroatoms. The van der Waals surface area contributed by atoms with E-state index in [1.807, 2.05) is 0 Å². The third kappa shape index (κ3) is 6.34. The smallest absolute Gasteiger partial charge is 0.382 e. The fraction of sp³-hybridized carbons (Fsp3) is 1.00. The van der Waals surface area contributed by atoms with Gasteiger partial charge in [0.15, 0.2) is 0 Å². The highest BCUT2D eigenvalue weighted by Gasteiger charge is 2.17. The van der Waals surface area contributed by atoms with Gasteiger partial charge in [-0.05, 0) is 0 Å². The predicted molar refractivity (Wildman–Crippen MR) is 38.5 cm³/mol. The van der Waals surface area contributed by atoms with Crippen LogP contribution in [0.15, 0.2) is 0 Å². The molecule has 0 spiro atoms. The standard InChI is InChI=1S/C5H11O5P/c1-8-3-5(9-2)4-10-11(6)7/h5H,3-4H2,1-2H3/p+1. The molecule has 0 saturated carbocycles. The highest BCUT2D eigenvalue weighted by molar-refractivity contribution is 7.32. The summed E-state index contributed by atoms with van der Waals surface area (Å²) in [5.74, 6) is 0. The van der Waals surface area contributed by atoms with Crippen LogP contribution in [0, 0.1) is 0 Å². The molecule has 0 aromatic rings. The second-order valence-electron chi connectivity index (χ2n) is 1.85. The second kappa shape index (κ2) is 6.64. The molecule has 0 aromatic carbocycles. The summed E-state index contributed by atoms with van der Waals surface area (Å²) < 4.78 is 24.1. The molecule has 0 aromatic heterocycles. The van der Waals surface area contributed by atoms with Crippen molar-refractivity contribution < 1.29 is 23.5 Å². The first-order valence-electron chi connectivity index (χ1n) is 3.01. The number of rotatable bonds is 6. The van der Waals surface area contributed by atoms with Crippen LogP contribution in [0.3, 0.4) is 0 Å². The number of methoxy groups -OCH3 is 2. The molecule has 0 aliphatic carbocycles. The van der Waals surface area contributed by atoms with Crippen LogP contribution in [-0.4, -0.2) is 38.4 Å². The van der Waals surface area contributed by atoms with Gasteiger partial charge in [-0.15, -0.1) is 9.42 Å². The average Bonchev–Trinajstić information content (AvgIpc) is 1.97. The Morgan fingerprint density at radius 1 is 1.45 bits per heavy atom. The van der Waals surface area contributed by atoms with Gasteiger partial charge >= 0.3 is 8.25 Å². The van der Waals surface area contributed by atoms with Gasteiger partial charge in [0.05, 0.1) is 6.61 Å². The largest absolute Gasteiger partial charge is 0.694 e. The number of hydrogen-bond donors (Lipinski definition) is 1. The summed E-state index contributed by atoms with van der Waals surface area (Å²) in [6.07, 6.45) is -0.286. The number of hydrogen-bond acceptors (Lipinski definition) is 4. The van der Waals surface area contributed by atoms with E-state index in [1.165, 1.54) is 14.2 Å². The van der Waals surface area contributed by atoms with Crippen molar-refractivity contribution in [2.45, 2.75) is 6.10 Å². The zero-order valence-corrected chi connectivity index (χ0v) is 7.41. The van der Waals surface area contributed by atoms with Crippen molar-refractivity contribution in [3.8, 4) is 0 Å². The van der Waals surface area contributed by atoms with Crippen molar-refractivity contribution in [1.82, 2.24) is 0 Å². The van der Waals surface area contributed by atoms with Gasteiger partial charge in [-0.3, -0.25) is 0 Å². The maximum Gasteiger partial charge on any atom is 0.694 e.